The largest absolute Gasteiger partial charge is 0.478 e. The molecule has 2 aromatic rings. The fourth-order valence-corrected chi connectivity index (χ4v) is 2.28. The van der Waals surface area contributed by atoms with Gasteiger partial charge in [-0.05, 0) is 36.1 Å². The molecule has 0 aliphatic rings. The van der Waals surface area contributed by atoms with E-state index >= 15 is 0 Å². The van der Waals surface area contributed by atoms with Gasteiger partial charge in [-0.1, -0.05) is 55.8 Å². The van der Waals surface area contributed by atoms with Gasteiger partial charge in [0.1, 0.15) is 5.75 Å². The summed E-state index contributed by atoms with van der Waals surface area (Å²) in [6, 6.07) is 17.2. The first-order chi connectivity index (χ1) is 10.7. The maximum absolute atomic E-state index is 11.4. The van der Waals surface area contributed by atoms with Crippen molar-refractivity contribution >= 4 is 5.97 Å². The van der Waals surface area contributed by atoms with Gasteiger partial charge in [0, 0.05) is 6.42 Å². The van der Waals surface area contributed by atoms with Crippen molar-refractivity contribution in [3.05, 3.63) is 65.7 Å². The molecule has 0 aromatic heterocycles. The summed E-state index contributed by atoms with van der Waals surface area (Å²) in [5.74, 6) is -0.367. The fraction of sp³-hybridized carbons (Fsp3) is 0.316. The number of carboxylic acid groups (broad SMARTS) is 1. The minimum Gasteiger partial charge on any atom is -0.478 e. The van der Waals surface area contributed by atoms with Crippen LogP contribution in [-0.2, 0) is 17.6 Å². The van der Waals surface area contributed by atoms with E-state index in [9.17, 15) is 9.90 Å². The molecule has 0 fully saturated rings. The Morgan fingerprint density at radius 1 is 1.05 bits per heavy atom. The number of hydrogen-bond acceptors (Lipinski definition) is 2. The number of ether oxygens (including phenoxy) is 1. The molecular weight excluding hydrogens is 276 g/mol. The highest BCUT2D eigenvalue weighted by Gasteiger charge is 2.19. The molecule has 2 aromatic carbocycles. The molecule has 1 N–H and O–H groups in total. The Bertz CT molecular complexity index is 575. The molecule has 0 saturated heterocycles. The van der Waals surface area contributed by atoms with Gasteiger partial charge in [0.05, 0.1) is 0 Å². The van der Waals surface area contributed by atoms with Crippen molar-refractivity contribution in [2.24, 2.45) is 0 Å². The lowest BCUT2D eigenvalue weighted by atomic mass is 10.0. The Morgan fingerprint density at radius 2 is 1.68 bits per heavy atom. The van der Waals surface area contributed by atoms with Gasteiger partial charge in [0.15, 0.2) is 6.10 Å². The summed E-state index contributed by atoms with van der Waals surface area (Å²) in [6.45, 7) is 2.17. The number of benzene rings is 2. The van der Waals surface area contributed by atoms with Gasteiger partial charge in [-0.25, -0.2) is 4.79 Å². The van der Waals surface area contributed by atoms with E-state index in [2.05, 4.69) is 19.1 Å². The first-order valence-electron chi connectivity index (χ1n) is 7.71. The highest BCUT2D eigenvalue weighted by atomic mass is 16.5. The monoisotopic (exact) mass is 298 g/mol. The molecule has 116 valence electrons. The number of aryl methyl sites for hydroxylation is 1. The number of carbonyl (C=O) groups is 1. The van der Waals surface area contributed by atoms with E-state index in [0.29, 0.717) is 12.2 Å². The average molecular weight is 298 g/mol. The SMILES string of the molecule is CCCCc1ccc(C[C@@H](Oc2ccccc2)C(=O)O)cc1. The standard InChI is InChI=1S/C19H22O3/c1-2-3-7-15-10-12-16(13-11-15)14-18(19(20)21)22-17-8-5-4-6-9-17/h4-6,8-13,18H,2-3,7,14H2,1H3,(H,20,21)/t18-/m1/s1. The van der Waals surface area contributed by atoms with Crippen LogP contribution in [0.1, 0.15) is 30.9 Å². The van der Waals surface area contributed by atoms with Crippen molar-refractivity contribution in [3.63, 3.8) is 0 Å². The molecule has 1 atom stereocenters. The van der Waals surface area contributed by atoms with E-state index in [-0.39, 0.29) is 0 Å². The van der Waals surface area contributed by atoms with E-state index in [0.717, 1.165) is 12.0 Å². The van der Waals surface area contributed by atoms with Crippen LogP contribution in [0, 0.1) is 0 Å². The maximum atomic E-state index is 11.4. The van der Waals surface area contributed by atoms with Crippen LogP contribution in [0.4, 0.5) is 0 Å². The van der Waals surface area contributed by atoms with Crippen LogP contribution in [0.3, 0.4) is 0 Å². The van der Waals surface area contributed by atoms with Crippen molar-refractivity contribution in [1.29, 1.82) is 0 Å². The van der Waals surface area contributed by atoms with E-state index in [1.165, 1.54) is 18.4 Å². The van der Waals surface area contributed by atoms with E-state index in [4.69, 9.17) is 4.74 Å². The highest BCUT2D eigenvalue weighted by Crippen LogP contribution is 2.15. The van der Waals surface area contributed by atoms with Crippen LogP contribution in [-0.4, -0.2) is 17.2 Å². The summed E-state index contributed by atoms with van der Waals surface area (Å²) in [7, 11) is 0. The summed E-state index contributed by atoms with van der Waals surface area (Å²) in [5.41, 5.74) is 2.27. The summed E-state index contributed by atoms with van der Waals surface area (Å²) < 4.78 is 5.58. The molecule has 0 spiro atoms. The van der Waals surface area contributed by atoms with Crippen molar-refractivity contribution in [1.82, 2.24) is 0 Å². The first kappa shape index (κ1) is 16.1. The average Bonchev–Trinajstić information content (AvgIpc) is 2.54. The Morgan fingerprint density at radius 3 is 2.27 bits per heavy atom. The van der Waals surface area contributed by atoms with Crippen LogP contribution < -0.4 is 4.74 Å². The number of aliphatic carboxylic acids is 1. The molecule has 22 heavy (non-hydrogen) atoms. The Balaban J connectivity index is 2.00. The third-order valence-electron chi connectivity index (χ3n) is 3.56. The zero-order valence-electron chi connectivity index (χ0n) is 12.9. The molecule has 0 heterocycles. The molecule has 0 bridgehead atoms. The minimum atomic E-state index is -0.945. The van der Waals surface area contributed by atoms with Crippen LogP contribution in [0.15, 0.2) is 54.6 Å². The van der Waals surface area contributed by atoms with Gasteiger partial charge in [-0.2, -0.15) is 0 Å². The first-order valence-corrected chi connectivity index (χ1v) is 7.71. The molecule has 3 heteroatoms. The van der Waals surface area contributed by atoms with Crippen molar-refractivity contribution in [2.45, 2.75) is 38.7 Å². The number of unbranched alkanes of at least 4 members (excludes halogenated alkanes) is 1. The van der Waals surface area contributed by atoms with Crippen LogP contribution in [0.5, 0.6) is 5.75 Å². The number of hydrogen-bond donors (Lipinski definition) is 1. The van der Waals surface area contributed by atoms with Gasteiger partial charge in [-0.3, -0.25) is 0 Å². The summed E-state index contributed by atoms with van der Waals surface area (Å²) in [4.78, 5) is 11.4. The van der Waals surface area contributed by atoms with E-state index in [1.807, 2.05) is 30.3 Å². The van der Waals surface area contributed by atoms with Crippen LogP contribution in [0.2, 0.25) is 0 Å². The fourth-order valence-electron chi connectivity index (χ4n) is 2.28. The normalized spacial score (nSPS) is 11.9. The second-order valence-electron chi connectivity index (χ2n) is 5.38. The highest BCUT2D eigenvalue weighted by molar-refractivity contribution is 5.73. The lowest BCUT2D eigenvalue weighted by Crippen LogP contribution is -2.29. The number of carboxylic acids is 1. The Kier molecular flexibility index (Phi) is 6.01. The second kappa shape index (κ2) is 8.23. The maximum Gasteiger partial charge on any atom is 0.345 e. The van der Waals surface area contributed by atoms with Gasteiger partial charge in [0.25, 0.3) is 0 Å². The molecule has 0 aliphatic heterocycles. The van der Waals surface area contributed by atoms with Crippen molar-refractivity contribution in [2.75, 3.05) is 0 Å². The molecule has 2 rings (SSSR count). The summed E-state index contributed by atoms with van der Waals surface area (Å²) in [5, 5.41) is 9.34. The predicted octanol–water partition coefficient (Wildman–Crippen LogP) is 4.10. The van der Waals surface area contributed by atoms with E-state index < -0.39 is 12.1 Å². The molecule has 0 unspecified atom stereocenters. The molecule has 0 radical (unpaired) electrons. The van der Waals surface area contributed by atoms with Gasteiger partial charge >= 0.3 is 5.97 Å². The third-order valence-corrected chi connectivity index (χ3v) is 3.56. The zero-order chi connectivity index (χ0) is 15.8. The topological polar surface area (TPSA) is 46.5 Å². The third kappa shape index (κ3) is 4.92. The quantitative estimate of drug-likeness (QED) is 0.798. The smallest absolute Gasteiger partial charge is 0.345 e. The molecule has 3 nitrogen and oxygen atoms in total. The van der Waals surface area contributed by atoms with Gasteiger partial charge < -0.3 is 9.84 Å². The summed E-state index contributed by atoms with van der Waals surface area (Å²) >= 11 is 0. The minimum absolute atomic E-state index is 0.359. The Labute approximate surface area is 131 Å². The van der Waals surface area contributed by atoms with Gasteiger partial charge in [-0.15, -0.1) is 0 Å². The van der Waals surface area contributed by atoms with E-state index in [1.54, 1.807) is 12.1 Å². The number of rotatable bonds is 8. The van der Waals surface area contributed by atoms with Crippen molar-refractivity contribution < 1.29 is 14.6 Å². The Hall–Kier alpha value is -2.29. The zero-order valence-corrected chi connectivity index (χ0v) is 12.9. The molecule has 0 aliphatic carbocycles. The van der Waals surface area contributed by atoms with Gasteiger partial charge in [0.2, 0.25) is 0 Å². The summed E-state index contributed by atoms with van der Waals surface area (Å²) in [6.07, 6.45) is 2.91. The second-order valence-corrected chi connectivity index (χ2v) is 5.38. The molecule has 0 amide bonds. The number of para-hydroxylation sites is 1. The molecular formula is C19H22O3. The van der Waals surface area contributed by atoms with Crippen LogP contribution >= 0.6 is 0 Å². The lowest BCUT2D eigenvalue weighted by Gasteiger charge is -2.15. The molecule has 0 saturated carbocycles. The van der Waals surface area contributed by atoms with Crippen LogP contribution in [0.25, 0.3) is 0 Å². The van der Waals surface area contributed by atoms with Crippen molar-refractivity contribution in [3.8, 4) is 5.75 Å². The predicted molar refractivity (Wildman–Crippen MR) is 87.3 cm³/mol. The lowest BCUT2D eigenvalue weighted by molar-refractivity contribution is -0.145.